The van der Waals surface area contributed by atoms with E-state index in [1.165, 1.54) is 34.9 Å². The molecule has 0 saturated carbocycles. The van der Waals surface area contributed by atoms with Gasteiger partial charge < -0.3 is 15.2 Å². The molecule has 0 bridgehead atoms. The van der Waals surface area contributed by atoms with Crippen LogP contribution in [0.25, 0.3) is 27.8 Å². The molecule has 1 heterocycles. The van der Waals surface area contributed by atoms with Crippen LogP contribution in [0.15, 0.2) is 60.7 Å². The number of benzene rings is 4. The van der Waals surface area contributed by atoms with Crippen LogP contribution in [-0.4, -0.2) is 11.1 Å². The number of nitrogens with one attached hydrogen (secondary N) is 2. The fraction of sp³-hybridized carbons (Fsp3) is 0.257. The normalized spacial score (nSPS) is 11.0. The molecule has 0 aliphatic heterocycles. The Morgan fingerprint density at radius 1 is 0.698 bits per heavy atom. The Labute approximate surface area is 249 Å². The molecule has 226 valence electrons. The molecular weight excluding hydrogens is 557 g/mol. The maximum atomic E-state index is 15.9. The van der Waals surface area contributed by atoms with Gasteiger partial charge in [0.25, 0.3) is 0 Å². The summed E-state index contributed by atoms with van der Waals surface area (Å²) in [5.41, 5.74) is 2.11. The lowest BCUT2D eigenvalue weighted by molar-refractivity contribution is 0.514. The lowest BCUT2D eigenvalue weighted by Gasteiger charge is -2.20. The van der Waals surface area contributed by atoms with Gasteiger partial charge in [-0.15, -0.1) is 0 Å². The number of halogens is 5. The van der Waals surface area contributed by atoms with E-state index in [0.717, 1.165) is 18.9 Å². The summed E-state index contributed by atoms with van der Waals surface area (Å²) in [7, 11) is 0. The van der Waals surface area contributed by atoms with E-state index in [1.807, 2.05) is 20.8 Å². The molecule has 5 aromatic rings. The third kappa shape index (κ3) is 6.10. The third-order valence-electron chi connectivity index (χ3n) is 7.17. The zero-order valence-corrected chi connectivity index (χ0v) is 25.2. The summed E-state index contributed by atoms with van der Waals surface area (Å²) in [6, 6.07) is 14.5. The highest BCUT2D eigenvalue weighted by atomic mass is 19.2. The molecule has 5 rings (SSSR count). The van der Waals surface area contributed by atoms with Crippen molar-refractivity contribution in [1.82, 2.24) is 4.57 Å². The van der Waals surface area contributed by atoms with Crippen LogP contribution in [0.1, 0.15) is 50.3 Å². The van der Waals surface area contributed by atoms with Crippen molar-refractivity contribution in [2.75, 3.05) is 17.2 Å². The van der Waals surface area contributed by atoms with Crippen LogP contribution < -0.4 is 10.6 Å². The Bertz CT molecular complexity index is 1770. The smallest absolute Gasteiger partial charge is 0.183 e. The lowest BCUT2D eigenvalue weighted by Crippen LogP contribution is -2.08. The van der Waals surface area contributed by atoms with Gasteiger partial charge in [-0.25, -0.2) is 22.0 Å². The predicted molar refractivity (Wildman–Crippen MR) is 167 cm³/mol. The fourth-order valence-corrected chi connectivity index (χ4v) is 5.03. The van der Waals surface area contributed by atoms with Gasteiger partial charge in [0.05, 0.1) is 34.0 Å². The van der Waals surface area contributed by atoms with Crippen molar-refractivity contribution < 1.29 is 22.0 Å². The average molecular weight is 594 g/mol. The quantitative estimate of drug-likeness (QED) is 0.138. The van der Waals surface area contributed by atoms with E-state index < -0.39 is 29.1 Å². The second-order valence-corrected chi connectivity index (χ2v) is 10.3. The Morgan fingerprint density at radius 2 is 1.37 bits per heavy atom. The molecule has 0 saturated heterocycles. The van der Waals surface area contributed by atoms with E-state index in [1.54, 1.807) is 45.0 Å². The molecular formula is C35H36F5N3. The maximum Gasteiger partial charge on any atom is 0.183 e. The van der Waals surface area contributed by atoms with Gasteiger partial charge in [0.1, 0.15) is 17.5 Å². The van der Waals surface area contributed by atoms with Crippen LogP contribution in [0.2, 0.25) is 0 Å². The minimum Gasteiger partial charge on any atom is -0.383 e. The highest BCUT2D eigenvalue weighted by Crippen LogP contribution is 2.46. The van der Waals surface area contributed by atoms with Crippen LogP contribution in [0.4, 0.5) is 39.0 Å². The second-order valence-electron chi connectivity index (χ2n) is 10.3. The van der Waals surface area contributed by atoms with Gasteiger partial charge in [-0.3, -0.25) is 0 Å². The van der Waals surface area contributed by atoms with E-state index in [2.05, 4.69) is 10.6 Å². The van der Waals surface area contributed by atoms with Crippen LogP contribution in [0.5, 0.6) is 0 Å². The Balaban J connectivity index is 0.00000207. The number of hydrogen-bond acceptors (Lipinski definition) is 2. The standard InChI is InChI=1S/C33H30F5N3.C2H6/c1-5-6-15-39-31-22-11-12-23(34)29(38)32(22)41(27-14-8-19(3)17-25(27)36)33(31)21-10-9-20(4)28(37)30(21)40-26-13-7-18(2)16-24(26)35;1-2/h7-14,16-17,39-40H,5-6,15H2,1-4H3;1-2H3. The number of hydrogen-bond donors (Lipinski definition) is 2. The molecule has 0 aliphatic carbocycles. The van der Waals surface area contributed by atoms with Crippen LogP contribution in [0, 0.1) is 49.9 Å². The van der Waals surface area contributed by atoms with Gasteiger partial charge in [0.2, 0.25) is 0 Å². The summed E-state index contributed by atoms with van der Waals surface area (Å²) in [5, 5.41) is 6.50. The summed E-state index contributed by atoms with van der Waals surface area (Å²) < 4.78 is 78.1. The fourth-order valence-electron chi connectivity index (χ4n) is 5.03. The number of aromatic nitrogens is 1. The predicted octanol–water partition coefficient (Wildman–Crippen LogP) is 10.9. The van der Waals surface area contributed by atoms with Gasteiger partial charge in [-0.2, -0.15) is 0 Å². The number of fused-ring (bicyclic) bond motifs is 1. The monoisotopic (exact) mass is 593 g/mol. The van der Waals surface area contributed by atoms with E-state index >= 15 is 13.2 Å². The third-order valence-corrected chi connectivity index (χ3v) is 7.17. The second kappa shape index (κ2) is 13.3. The minimum absolute atomic E-state index is 0.0308. The Hall–Kier alpha value is -4.33. The molecule has 0 amide bonds. The molecule has 43 heavy (non-hydrogen) atoms. The maximum absolute atomic E-state index is 15.9. The Kier molecular flexibility index (Phi) is 9.79. The molecule has 1 aromatic heterocycles. The Morgan fingerprint density at radius 3 is 2.02 bits per heavy atom. The summed E-state index contributed by atoms with van der Waals surface area (Å²) in [5.74, 6) is -4.19. The minimum atomic E-state index is -1.17. The number of rotatable bonds is 8. The zero-order valence-electron chi connectivity index (χ0n) is 25.2. The number of anilines is 3. The molecule has 8 heteroatoms. The molecule has 0 spiro atoms. The summed E-state index contributed by atoms with van der Waals surface area (Å²) in [6.07, 6.45) is 1.62. The summed E-state index contributed by atoms with van der Waals surface area (Å²) >= 11 is 0. The molecule has 4 aromatic carbocycles. The van der Waals surface area contributed by atoms with Crippen molar-refractivity contribution in [3.8, 4) is 16.9 Å². The zero-order chi connectivity index (χ0) is 31.4. The van der Waals surface area contributed by atoms with Crippen molar-refractivity contribution in [1.29, 1.82) is 0 Å². The molecule has 0 unspecified atom stereocenters. The van der Waals surface area contributed by atoms with Crippen molar-refractivity contribution in [2.45, 2.75) is 54.4 Å². The number of nitrogens with zero attached hydrogens (tertiary/aromatic N) is 1. The van der Waals surface area contributed by atoms with E-state index in [-0.39, 0.29) is 39.4 Å². The average Bonchev–Trinajstić information content (AvgIpc) is 3.30. The van der Waals surface area contributed by atoms with Gasteiger partial charge in [-0.05, 0) is 80.3 Å². The largest absolute Gasteiger partial charge is 0.383 e. The van der Waals surface area contributed by atoms with E-state index in [9.17, 15) is 8.78 Å². The van der Waals surface area contributed by atoms with Crippen molar-refractivity contribution in [2.24, 2.45) is 0 Å². The summed E-state index contributed by atoms with van der Waals surface area (Å²) in [4.78, 5) is 0. The lowest BCUT2D eigenvalue weighted by atomic mass is 10.0. The highest BCUT2D eigenvalue weighted by molar-refractivity contribution is 6.05. The van der Waals surface area contributed by atoms with Crippen molar-refractivity contribution in [3.05, 3.63) is 106 Å². The van der Waals surface area contributed by atoms with Crippen molar-refractivity contribution >= 4 is 28.0 Å². The molecule has 0 fully saturated rings. The van der Waals surface area contributed by atoms with Crippen molar-refractivity contribution in [3.63, 3.8) is 0 Å². The molecule has 3 nitrogen and oxygen atoms in total. The summed E-state index contributed by atoms with van der Waals surface area (Å²) in [6.45, 7) is 11.5. The highest BCUT2D eigenvalue weighted by Gasteiger charge is 2.28. The first-order chi connectivity index (χ1) is 20.6. The van der Waals surface area contributed by atoms with Crippen LogP contribution in [0.3, 0.4) is 0 Å². The van der Waals surface area contributed by atoms with E-state index in [4.69, 9.17) is 0 Å². The first-order valence-corrected chi connectivity index (χ1v) is 14.5. The number of aryl methyl sites for hydroxylation is 3. The topological polar surface area (TPSA) is 29.0 Å². The van der Waals surface area contributed by atoms with Crippen LogP contribution >= 0.6 is 0 Å². The first kappa shape index (κ1) is 31.6. The van der Waals surface area contributed by atoms with Crippen LogP contribution in [-0.2, 0) is 0 Å². The van der Waals surface area contributed by atoms with Gasteiger partial charge in [-0.1, -0.05) is 51.5 Å². The molecule has 0 atom stereocenters. The molecule has 2 N–H and O–H groups in total. The molecule has 0 aliphatic rings. The van der Waals surface area contributed by atoms with Gasteiger partial charge >= 0.3 is 0 Å². The van der Waals surface area contributed by atoms with Gasteiger partial charge in [0.15, 0.2) is 11.6 Å². The first-order valence-electron chi connectivity index (χ1n) is 14.5. The SMILES string of the molecule is CC.CCCCNc1c(-c2ccc(C)c(F)c2Nc2ccc(C)cc2F)n(-c2ccc(C)cc2F)c2c(F)c(F)ccc12. The van der Waals surface area contributed by atoms with Gasteiger partial charge in [0, 0.05) is 17.5 Å². The molecule has 0 radical (unpaired) electrons. The number of unbranched alkanes of at least 4 members (excludes halogenated alkanes) is 1. The van der Waals surface area contributed by atoms with E-state index in [0.29, 0.717) is 28.7 Å².